The van der Waals surface area contributed by atoms with Gasteiger partial charge < -0.3 is 15.0 Å². The van der Waals surface area contributed by atoms with Crippen molar-refractivity contribution in [2.45, 2.75) is 33.4 Å². The molecule has 1 N–H and O–H groups in total. The fraction of sp³-hybridized carbons (Fsp3) is 0.233. The van der Waals surface area contributed by atoms with Crippen molar-refractivity contribution < 1.29 is 18.7 Å². The minimum atomic E-state index is -0.314. The molecule has 0 atom stereocenters. The van der Waals surface area contributed by atoms with Crippen LogP contribution in [0.25, 0.3) is 0 Å². The number of nitrogens with one attached hydrogen (secondary N) is 1. The molecule has 5 rings (SSSR count). The summed E-state index contributed by atoms with van der Waals surface area (Å²) in [5.41, 5.74) is 5.94. The third-order valence-electron chi connectivity index (χ3n) is 6.82. The van der Waals surface area contributed by atoms with Gasteiger partial charge in [-0.2, -0.15) is 10.1 Å². The largest absolute Gasteiger partial charge is 0.496 e. The number of benzene rings is 3. The first-order valence-electron chi connectivity index (χ1n) is 12.5. The van der Waals surface area contributed by atoms with Gasteiger partial charge in [-0.15, -0.1) is 0 Å². The number of hydrazone groups is 1. The van der Waals surface area contributed by atoms with Gasteiger partial charge in [0.15, 0.2) is 0 Å². The lowest BCUT2D eigenvalue weighted by Gasteiger charge is -2.25. The molecule has 0 spiro atoms. The van der Waals surface area contributed by atoms with Crippen LogP contribution in [0.3, 0.4) is 0 Å². The van der Waals surface area contributed by atoms with E-state index in [0.717, 1.165) is 28.2 Å². The SMILES string of the molecule is COc1cc(CNC(=O)c2ccc(CN3C=C4C(=O)N(c5ccc(F)c(C)c5)N=C4CC3)cc2)ccc1C. The van der Waals surface area contributed by atoms with Gasteiger partial charge >= 0.3 is 0 Å². The average Bonchev–Trinajstić information content (AvgIpc) is 3.25. The second-order valence-electron chi connectivity index (χ2n) is 9.54. The van der Waals surface area contributed by atoms with Gasteiger partial charge in [0, 0.05) is 37.8 Å². The second kappa shape index (κ2) is 10.5. The summed E-state index contributed by atoms with van der Waals surface area (Å²) in [5, 5.41) is 8.78. The molecule has 2 heterocycles. The Labute approximate surface area is 221 Å². The van der Waals surface area contributed by atoms with Crippen molar-refractivity contribution >= 4 is 23.2 Å². The molecule has 0 unspecified atom stereocenters. The van der Waals surface area contributed by atoms with Crippen molar-refractivity contribution in [3.8, 4) is 5.75 Å². The summed E-state index contributed by atoms with van der Waals surface area (Å²) in [6.45, 7) is 5.37. The molecule has 0 saturated heterocycles. The van der Waals surface area contributed by atoms with E-state index in [1.807, 2.05) is 55.6 Å². The van der Waals surface area contributed by atoms with E-state index >= 15 is 0 Å². The first-order chi connectivity index (χ1) is 18.3. The Balaban J connectivity index is 1.20. The molecular weight excluding hydrogens is 483 g/mol. The van der Waals surface area contributed by atoms with Crippen LogP contribution in [0.2, 0.25) is 0 Å². The molecule has 8 heteroatoms. The minimum Gasteiger partial charge on any atom is -0.496 e. The average molecular weight is 513 g/mol. The zero-order valence-corrected chi connectivity index (χ0v) is 21.6. The normalized spacial score (nSPS) is 14.7. The van der Waals surface area contributed by atoms with Crippen molar-refractivity contribution in [3.63, 3.8) is 0 Å². The molecule has 0 radical (unpaired) electrons. The standard InChI is InChI=1S/C30H29FN4O3/c1-19-4-5-22(15-28(19)38-3)16-32-29(36)23-8-6-21(7-9-23)17-34-13-12-27-25(18-34)30(37)35(33-27)24-10-11-26(31)20(2)14-24/h4-11,14-15,18H,12-13,16-17H2,1-3H3,(H,32,36). The molecule has 194 valence electrons. The van der Waals surface area contributed by atoms with Gasteiger partial charge in [-0.25, -0.2) is 4.39 Å². The van der Waals surface area contributed by atoms with Crippen LogP contribution >= 0.6 is 0 Å². The van der Waals surface area contributed by atoms with Crippen LogP contribution in [0.15, 0.2) is 77.5 Å². The molecule has 38 heavy (non-hydrogen) atoms. The lowest BCUT2D eigenvalue weighted by atomic mass is 10.0. The summed E-state index contributed by atoms with van der Waals surface area (Å²) in [7, 11) is 1.63. The molecule has 3 aromatic rings. The third kappa shape index (κ3) is 5.16. The third-order valence-corrected chi connectivity index (χ3v) is 6.82. The molecular formula is C30H29FN4O3. The topological polar surface area (TPSA) is 74.2 Å². The van der Waals surface area contributed by atoms with Crippen LogP contribution < -0.4 is 15.1 Å². The number of anilines is 1. The molecule has 2 aliphatic rings. The lowest BCUT2D eigenvalue weighted by molar-refractivity contribution is -0.114. The number of carbonyl (C=O) groups excluding carboxylic acids is 2. The van der Waals surface area contributed by atoms with Gasteiger partial charge in [0.2, 0.25) is 0 Å². The molecule has 0 bridgehead atoms. The molecule has 3 aromatic carbocycles. The number of ether oxygens (including phenoxy) is 1. The van der Waals surface area contributed by atoms with E-state index in [2.05, 4.69) is 15.3 Å². The van der Waals surface area contributed by atoms with Crippen molar-refractivity contribution in [2.75, 3.05) is 18.7 Å². The molecule has 0 fully saturated rings. The Morgan fingerprint density at radius 1 is 1.03 bits per heavy atom. The van der Waals surface area contributed by atoms with Crippen molar-refractivity contribution in [1.29, 1.82) is 0 Å². The number of fused-ring (bicyclic) bond motifs is 1. The maximum absolute atomic E-state index is 13.7. The molecule has 0 saturated carbocycles. The fourth-order valence-corrected chi connectivity index (χ4v) is 4.58. The number of aryl methyl sites for hydroxylation is 2. The van der Waals surface area contributed by atoms with Crippen molar-refractivity contribution in [2.24, 2.45) is 5.10 Å². The number of hydrogen-bond donors (Lipinski definition) is 1. The number of hydrogen-bond acceptors (Lipinski definition) is 5. The summed E-state index contributed by atoms with van der Waals surface area (Å²) in [4.78, 5) is 27.8. The van der Waals surface area contributed by atoms with E-state index in [-0.39, 0.29) is 17.6 Å². The van der Waals surface area contributed by atoms with Crippen LogP contribution in [0.5, 0.6) is 5.75 Å². The lowest BCUT2D eigenvalue weighted by Crippen LogP contribution is -2.29. The first-order valence-corrected chi connectivity index (χ1v) is 12.5. The van der Waals surface area contributed by atoms with Gasteiger partial charge in [-0.3, -0.25) is 9.59 Å². The van der Waals surface area contributed by atoms with E-state index in [1.165, 1.54) is 11.1 Å². The summed E-state index contributed by atoms with van der Waals surface area (Å²) in [6.07, 6.45) is 2.48. The molecule has 2 aliphatic heterocycles. The van der Waals surface area contributed by atoms with Crippen LogP contribution in [0, 0.1) is 19.7 Å². The fourth-order valence-electron chi connectivity index (χ4n) is 4.58. The van der Waals surface area contributed by atoms with E-state index in [1.54, 1.807) is 26.2 Å². The zero-order chi connectivity index (χ0) is 26.8. The highest BCUT2D eigenvalue weighted by Crippen LogP contribution is 2.29. The number of carbonyl (C=O) groups is 2. The van der Waals surface area contributed by atoms with E-state index in [4.69, 9.17) is 4.74 Å². The van der Waals surface area contributed by atoms with Crippen molar-refractivity contribution in [1.82, 2.24) is 10.2 Å². The summed E-state index contributed by atoms with van der Waals surface area (Å²) >= 11 is 0. The highest BCUT2D eigenvalue weighted by Gasteiger charge is 2.34. The monoisotopic (exact) mass is 512 g/mol. The molecule has 2 amide bonds. The Kier molecular flexibility index (Phi) is 6.96. The Morgan fingerprint density at radius 2 is 1.79 bits per heavy atom. The van der Waals surface area contributed by atoms with Crippen LogP contribution in [0.1, 0.15) is 39.0 Å². The number of methoxy groups -OCH3 is 1. The van der Waals surface area contributed by atoms with Gasteiger partial charge in [-0.1, -0.05) is 24.3 Å². The van der Waals surface area contributed by atoms with Gasteiger partial charge in [-0.05, 0) is 72.5 Å². The smallest absolute Gasteiger partial charge is 0.282 e. The zero-order valence-electron chi connectivity index (χ0n) is 21.6. The van der Waals surface area contributed by atoms with Gasteiger partial charge in [0.05, 0.1) is 24.1 Å². The van der Waals surface area contributed by atoms with E-state index in [9.17, 15) is 14.0 Å². The number of nitrogens with zero attached hydrogens (tertiary/aromatic N) is 3. The number of amides is 2. The van der Waals surface area contributed by atoms with Gasteiger partial charge in [0.1, 0.15) is 11.6 Å². The Morgan fingerprint density at radius 3 is 2.53 bits per heavy atom. The highest BCUT2D eigenvalue weighted by molar-refractivity contribution is 6.30. The van der Waals surface area contributed by atoms with Crippen LogP contribution in [-0.4, -0.2) is 36.1 Å². The molecule has 0 aromatic heterocycles. The maximum atomic E-state index is 13.7. The minimum absolute atomic E-state index is 0.148. The van der Waals surface area contributed by atoms with Gasteiger partial charge in [0.25, 0.3) is 11.8 Å². The maximum Gasteiger partial charge on any atom is 0.282 e. The quantitative estimate of drug-likeness (QED) is 0.490. The van der Waals surface area contributed by atoms with E-state index < -0.39 is 0 Å². The Hall–Kier alpha value is -4.46. The van der Waals surface area contributed by atoms with Crippen LogP contribution in [-0.2, 0) is 17.9 Å². The van der Waals surface area contributed by atoms with Crippen molar-refractivity contribution in [3.05, 3.63) is 106 Å². The first kappa shape index (κ1) is 25.2. The summed E-state index contributed by atoms with van der Waals surface area (Å²) in [6, 6.07) is 17.9. The van der Waals surface area contributed by atoms with E-state index in [0.29, 0.717) is 48.4 Å². The summed E-state index contributed by atoms with van der Waals surface area (Å²) in [5.74, 6) is 0.120. The summed E-state index contributed by atoms with van der Waals surface area (Å²) < 4.78 is 19.0. The predicted octanol–water partition coefficient (Wildman–Crippen LogP) is 4.87. The number of halogens is 1. The molecule has 7 nitrogen and oxygen atoms in total. The number of rotatable bonds is 7. The van der Waals surface area contributed by atoms with Crippen LogP contribution in [0.4, 0.5) is 10.1 Å². The highest BCUT2D eigenvalue weighted by atomic mass is 19.1. The predicted molar refractivity (Wildman–Crippen MR) is 145 cm³/mol. The Bertz CT molecular complexity index is 1460. The molecule has 0 aliphatic carbocycles. The second-order valence-corrected chi connectivity index (χ2v) is 9.54.